The second kappa shape index (κ2) is 10.0. The maximum Gasteiger partial charge on any atom is 0.306 e. The van der Waals surface area contributed by atoms with E-state index >= 15 is 0 Å². The van der Waals surface area contributed by atoms with E-state index in [1.165, 1.54) is 52.3 Å². The van der Waals surface area contributed by atoms with Crippen molar-refractivity contribution in [2.45, 2.75) is 56.8 Å². The molecule has 1 N–H and O–H groups in total. The van der Waals surface area contributed by atoms with Crippen LogP contribution < -0.4 is 5.32 Å². The number of benzene rings is 1. The quantitative estimate of drug-likeness (QED) is 0.665. The van der Waals surface area contributed by atoms with Crippen molar-refractivity contribution < 1.29 is 22.7 Å². The van der Waals surface area contributed by atoms with Crippen LogP contribution in [0.15, 0.2) is 23.1 Å². The van der Waals surface area contributed by atoms with Crippen LogP contribution in [0.1, 0.15) is 50.5 Å². The lowest BCUT2D eigenvalue weighted by atomic mass is 9.86. The number of aryl methyl sites for hydroxylation is 1. The van der Waals surface area contributed by atoms with Gasteiger partial charge < -0.3 is 10.1 Å². The van der Waals surface area contributed by atoms with Gasteiger partial charge in [0.1, 0.15) is 0 Å². The Bertz CT molecular complexity index is 799. The highest BCUT2D eigenvalue weighted by Crippen LogP contribution is 2.27. The third kappa shape index (κ3) is 6.31. The summed E-state index contributed by atoms with van der Waals surface area (Å²) >= 11 is 0. The second-order valence-electron chi connectivity index (χ2n) is 7.52. The van der Waals surface area contributed by atoms with Crippen LogP contribution in [-0.2, 0) is 24.3 Å². The van der Waals surface area contributed by atoms with Crippen molar-refractivity contribution in [2.75, 3.05) is 26.0 Å². The van der Waals surface area contributed by atoms with E-state index in [1.807, 2.05) is 0 Å². The highest BCUT2D eigenvalue weighted by atomic mass is 32.2. The van der Waals surface area contributed by atoms with Gasteiger partial charge in [-0.25, -0.2) is 12.7 Å². The third-order valence-electron chi connectivity index (χ3n) is 5.08. The lowest BCUT2D eigenvalue weighted by Gasteiger charge is -2.20. The monoisotopic (exact) mass is 410 g/mol. The molecule has 1 aliphatic rings. The van der Waals surface area contributed by atoms with E-state index in [2.05, 4.69) is 5.32 Å². The summed E-state index contributed by atoms with van der Waals surface area (Å²) in [6.07, 6.45) is 7.20. The first-order valence-electron chi connectivity index (χ1n) is 9.69. The molecule has 1 aliphatic carbocycles. The van der Waals surface area contributed by atoms with E-state index in [9.17, 15) is 18.0 Å². The lowest BCUT2D eigenvalue weighted by molar-refractivity contribution is -0.147. The first kappa shape index (κ1) is 22.4. The molecule has 156 valence electrons. The number of nitrogens with zero attached hydrogens (tertiary/aromatic N) is 1. The molecule has 2 rings (SSSR count). The minimum absolute atomic E-state index is 0.125. The van der Waals surface area contributed by atoms with Crippen molar-refractivity contribution in [1.82, 2.24) is 4.31 Å². The third-order valence-corrected chi connectivity index (χ3v) is 7.03. The molecule has 8 heteroatoms. The first-order valence-corrected chi connectivity index (χ1v) is 11.1. The topological polar surface area (TPSA) is 92.8 Å². The highest BCUT2D eigenvalue weighted by molar-refractivity contribution is 7.89. The van der Waals surface area contributed by atoms with E-state index in [4.69, 9.17) is 4.74 Å². The standard InChI is InChI=1S/C20H30N2O5S/c1-15-9-11-17(13-18(15)28(25,26)22(2)3)21-19(23)14-27-20(24)12-10-16-7-5-4-6-8-16/h9,11,13,16H,4-8,10,12,14H2,1-3H3,(H,21,23). The number of hydrogen-bond donors (Lipinski definition) is 1. The second-order valence-corrected chi connectivity index (χ2v) is 9.64. The molecule has 1 aromatic rings. The predicted octanol–water partition coefficient (Wildman–Crippen LogP) is 3.09. The summed E-state index contributed by atoms with van der Waals surface area (Å²) in [5, 5.41) is 2.58. The van der Waals surface area contributed by atoms with Crippen LogP contribution in [0.25, 0.3) is 0 Å². The Morgan fingerprint density at radius 2 is 1.86 bits per heavy atom. The van der Waals surface area contributed by atoms with E-state index in [0.29, 0.717) is 23.6 Å². The summed E-state index contributed by atoms with van der Waals surface area (Å²) in [6.45, 7) is 1.31. The van der Waals surface area contributed by atoms with E-state index < -0.39 is 15.9 Å². The molecule has 0 heterocycles. The summed E-state index contributed by atoms with van der Waals surface area (Å²) in [6, 6.07) is 4.66. The Labute approximate surface area is 167 Å². The molecule has 1 saturated carbocycles. The highest BCUT2D eigenvalue weighted by Gasteiger charge is 2.21. The van der Waals surface area contributed by atoms with Gasteiger partial charge in [0.2, 0.25) is 10.0 Å². The minimum Gasteiger partial charge on any atom is -0.456 e. The average Bonchev–Trinajstić information content (AvgIpc) is 2.66. The summed E-state index contributed by atoms with van der Waals surface area (Å²) in [5.74, 6) is -0.289. The van der Waals surface area contributed by atoms with Gasteiger partial charge in [-0.1, -0.05) is 38.2 Å². The van der Waals surface area contributed by atoms with Gasteiger partial charge in [-0.3, -0.25) is 9.59 Å². The Balaban J connectivity index is 1.85. The maximum atomic E-state index is 12.4. The molecule has 0 aromatic heterocycles. The van der Waals surface area contributed by atoms with Crippen LogP contribution in [-0.4, -0.2) is 45.3 Å². The number of carbonyl (C=O) groups is 2. The van der Waals surface area contributed by atoms with Gasteiger partial charge in [-0.2, -0.15) is 0 Å². The Morgan fingerprint density at radius 3 is 2.50 bits per heavy atom. The van der Waals surface area contributed by atoms with Crippen LogP contribution >= 0.6 is 0 Å². The molecule has 0 aliphatic heterocycles. The zero-order chi connectivity index (χ0) is 20.7. The fourth-order valence-electron chi connectivity index (χ4n) is 3.37. The van der Waals surface area contributed by atoms with Gasteiger partial charge in [0.15, 0.2) is 6.61 Å². The Morgan fingerprint density at radius 1 is 1.18 bits per heavy atom. The molecule has 0 spiro atoms. The molecule has 0 saturated heterocycles. The van der Waals surface area contributed by atoms with Gasteiger partial charge in [-0.05, 0) is 37.0 Å². The summed E-state index contributed by atoms with van der Waals surface area (Å²) in [4.78, 5) is 24.0. The molecule has 1 fully saturated rings. The largest absolute Gasteiger partial charge is 0.456 e. The normalized spacial score (nSPS) is 15.4. The van der Waals surface area contributed by atoms with Crippen molar-refractivity contribution in [2.24, 2.45) is 5.92 Å². The number of carbonyl (C=O) groups excluding carboxylic acids is 2. The molecule has 0 unspecified atom stereocenters. The molecule has 0 radical (unpaired) electrons. The molecule has 1 amide bonds. The average molecular weight is 411 g/mol. The van der Waals surface area contributed by atoms with E-state index in [-0.39, 0.29) is 17.5 Å². The Hall–Kier alpha value is -1.93. The fraction of sp³-hybridized carbons (Fsp3) is 0.600. The number of nitrogens with one attached hydrogen (secondary N) is 1. The number of esters is 1. The van der Waals surface area contributed by atoms with Crippen molar-refractivity contribution in [3.63, 3.8) is 0 Å². The summed E-state index contributed by atoms with van der Waals surface area (Å²) < 4.78 is 30.9. The molecule has 0 atom stereocenters. The van der Waals surface area contributed by atoms with Crippen molar-refractivity contribution in [3.8, 4) is 0 Å². The summed E-state index contributed by atoms with van der Waals surface area (Å²) in [5.41, 5.74) is 0.926. The molecule has 1 aromatic carbocycles. The zero-order valence-corrected chi connectivity index (χ0v) is 17.7. The van der Waals surface area contributed by atoms with E-state index in [1.54, 1.807) is 19.1 Å². The first-order chi connectivity index (χ1) is 13.2. The number of amides is 1. The molecular formula is C20H30N2O5S. The molecule has 28 heavy (non-hydrogen) atoms. The number of rotatable bonds is 8. The zero-order valence-electron chi connectivity index (χ0n) is 16.9. The maximum absolute atomic E-state index is 12.4. The summed E-state index contributed by atoms with van der Waals surface area (Å²) in [7, 11) is -0.711. The van der Waals surface area contributed by atoms with Crippen molar-refractivity contribution >= 4 is 27.6 Å². The van der Waals surface area contributed by atoms with Gasteiger partial charge in [0, 0.05) is 26.2 Å². The predicted molar refractivity (Wildman–Crippen MR) is 107 cm³/mol. The smallest absolute Gasteiger partial charge is 0.306 e. The van der Waals surface area contributed by atoms with Gasteiger partial charge in [0.25, 0.3) is 5.91 Å². The van der Waals surface area contributed by atoms with Crippen LogP contribution in [0.2, 0.25) is 0 Å². The number of hydrogen-bond acceptors (Lipinski definition) is 5. The van der Waals surface area contributed by atoms with Crippen LogP contribution in [0.4, 0.5) is 5.69 Å². The van der Waals surface area contributed by atoms with Crippen LogP contribution in [0.5, 0.6) is 0 Å². The van der Waals surface area contributed by atoms with Crippen LogP contribution in [0, 0.1) is 12.8 Å². The lowest BCUT2D eigenvalue weighted by Crippen LogP contribution is -2.24. The molecular weight excluding hydrogens is 380 g/mol. The fourth-order valence-corrected chi connectivity index (χ4v) is 4.51. The minimum atomic E-state index is -3.61. The van der Waals surface area contributed by atoms with Crippen molar-refractivity contribution in [1.29, 1.82) is 0 Å². The molecule has 7 nitrogen and oxygen atoms in total. The van der Waals surface area contributed by atoms with Crippen LogP contribution in [0.3, 0.4) is 0 Å². The van der Waals surface area contributed by atoms with E-state index in [0.717, 1.165) is 10.7 Å². The molecule has 0 bridgehead atoms. The number of anilines is 1. The van der Waals surface area contributed by atoms with Crippen molar-refractivity contribution in [3.05, 3.63) is 23.8 Å². The van der Waals surface area contributed by atoms with Gasteiger partial charge >= 0.3 is 5.97 Å². The SMILES string of the molecule is Cc1ccc(NC(=O)COC(=O)CCC2CCCCC2)cc1S(=O)(=O)N(C)C. The number of sulfonamides is 1. The van der Waals surface area contributed by atoms with Gasteiger partial charge in [-0.15, -0.1) is 0 Å². The van der Waals surface area contributed by atoms with Gasteiger partial charge in [0.05, 0.1) is 4.90 Å². The number of ether oxygens (including phenoxy) is 1. The Kier molecular flexibility index (Phi) is 8.00.